The molecule has 1 amide bonds. The Balaban J connectivity index is 4.10. The summed E-state index contributed by atoms with van der Waals surface area (Å²) in [4.78, 5) is 23.5. The van der Waals surface area contributed by atoms with Crippen molar-refractivity contribution in [2.45, 2.75) is 39.7 Å². The summed E-state index contributed by atoms with van der Waals surface area (Å²) in [5.41, 5.74) is 0. The van der Waals surface area contributed by atoms with Crippen molar-refractivity contribution in [1.82, 2.24) is 4.90 Å². The van der Waals surface area contributed by atoms with E-state index in [1.165, 1.54) is 4.90 Å². The number of carboxylic acid groups (broad SMARTS) is 1. The Morgan fingerprint density at radius 2 is 2.00 bits per heavy atom. The molecule has 0 aromatic heterocycles. The van der Waals surface area contributed by atoms with Gasteiger partial charge < -0.3 is 14.7 Å². The number of carboxylic acids is 1. The van der Waals surface area contributed by atoms with Crippen LogP contribution >= 0.6 is 0 Å². The minimum atomic E-state index is -0.995. The van der Waals surface area contributed by atoms with Crippen LogP contribution < -0.4 is 0 Å². The fourth-order valence-electron chi connectivity index (χ4n) is 1.15. The van der Waals surface area contributed by atoms with Crippen LogP contribution in [0, 0.1) is 0 Å². The van der Waals surface area contributed by atoms with E-state index in [-0.39, 0.29) is 25.2 Å². The highest BCUT2D eigenvalue weighted by Crippen LogP contribution is 1.99. The van der Waals surface area contributed by atoms with Crippen LogP contribution in [0.4, 0.5) is 0 Å². The van der Waals surface area contributed by atoms with E-state index in [9.17, 15) is 9.59 Å². The Kier molecular flexibility index (Phi) is 7.54. The first-order valence-electron chi connectivity index (χ1n) is 5.62. The molecule has 0 spiro atoms. The molecule has 0 radical (unpaired) electrons. The molecule has 1 N–H and O–H groups in total. The molecule has 16 heavy (non-hydrogen) atoms. The summed E-state index contributed by atoms with van der Waals surface area (Å²) in [5.74, 6) is -1.25. The molecular formula is C11H21NO4. The van der Waals surface area contributed by atoms with Crippen LogP contribution in [0.2, 0.25) is 0 Å². The minimum absolute atomic E-state index is 0.0252. The van der Waals surface area contributed by atoms with Gasteiger partial charge in [0.15, 0.2) is 0 Å². The van der Waals surface area contributed by atoms with Crippen molar-refractivity contribution < 1.29 is 19.4 Å². The molecule has 1 atom stereocenters. The van der Waals surface area contributed by atoms with Gasteiger partial charge in [-0.25, -0.2) is 0 Å². The first kappa shape index (κ1) is 14.9. The highest BCUT2D eigenvalue weighted by molar-refractivity contribution is 5.82. The smallest absolute Gasteiger partial charge is 0.323 e. The van der Waals surface area contributed by atoms with E-state index in [1.54, 1.807) is 0 Å². The van der Waals surface area contributed by atoms with Gasteiger partial charge in [-0.05, 0) is 19.8 Å². The van der Waals surface area contributed by atoms with Gasteiger partial charge in [-0.2, -0.15) is 0 Å². The number of ether oxygens (including phenoxy) is 1. The van der Waals surface area contributed by atoms with Gasteiger partial charge in [0.25, 0.3) is 0 Å². The standard InChI is InChI=1S/C11H21NO4/c1-4-6-12(7-11(14)15)10(13)8-16-9(3)5-2/h9H,4-8H2,1-3H3,(H,14,15). The predicted octanol–water partition coefficient (Wildman–Crippen LogP) is 1.12. The molecule has 0 saturated carbocycles. The average molecular weight is 231 g/mol. The van der Waals surface area contributed by atoms with Gasteiger partial charge in [-0.1, -0.05) is 13.8 Å². The number of rotatable bonds is 8. The minimum Gasteiger partial charge on any atom is -0.480 e. The third kappa shape index (κ3) is 6.40. The lowest BCUT2D eigenvalue weighted by Crippen LogP contribution is -2.39. The van der Waals surface area contributed by atoms with E-state index in [4.69, 9.17) is 9.84 Å². The molecule has 0 heterocycles. The van der Waals surface area contributed by atoms with Crippen molar-refractivity contribution in [3.8, 4) is 0 Å². The maximum Gasteiger partial charge on any atom is 0.323 e. The van der Waals surface area contributed by atoms with Gasteiger partial charge in [0.1, 0.15) is 13.2 Å². The Labute approximate surface area is 96.4 Å². The Bertz CT molecular complexity index is 230. The van der Waals surface area contributed by atoms with Crippen molar-refractivity contribution in [3.63, 3.8) is 0 Å². The molecule has 5 heteroatoms. The molecule has 0 rings (SSSR count). The van der Waals surface area contributed by atoms with Crippen molar-refractivity contribution >= 4 is 11.9 Å². The highest BCUT2D eigenvalue weighted by Gasteiger charge is 2.16. The van der Waals surface area contributed by atoms with Crippen molar-refractivity contribution in [2.75, 3.05) is 19.7 Å². The van der Waals surface area contributed by atoms with Crippen molar-refractivity contribution in [2.24, 2.45) is 0 Å². The van der Waals surface area contributed by atoms with E-state index in [0.29, 0.717) is 6.54 Å². The topological polar surface area (TPSA) is 66.8 Å². The monoisotopic (exact) mass is 231 g/mol. The second-order valence-electron chi connectivity index (χ2n) is 3.74. The molecule has 0 aliphatic heterocycles. The lowest BCUT2D eigenvalue weighted by atomic mass is 10.3. The SMILES string of the molecule is CCCN(CC(=O)O)C(=O)COC(C)CC. The molecule has 0 aliphatic carbocycles. The van der Waals surface area contributed by atoms with Gasteiger partial charge in [-0.3, -0.25) is 9.59 Å². The number of carbonyl (C=O) groups is 2. The summed E-state index contributed by atoms with van der Waals surface area (Å²) in [5, 5.41) is 8.65. The van der Waals surface area contributed by atoms with Gasteiger partial charge in [-0.15, -0.1) is 0 Å². The molecular weight excluding hydrogens is 210 g/mol. The second kappa shape index (κ2) is 8.10. The molecule has 1 unspecified atom stereocenters. The lowest BCUT2D eigenvalue weighted by molar-refractivity contribution is -0.147. The van der Waals surface area contributed by atoms with E-state index < -0.39 is 5.97 Å². The van der Waals surface area contributed by atoms with Crippen LogP contribution in [0.5, 0.6) is 0 Å². The van der Waals surface area contributed by atoms with Crippen LogP contribution in [0.25, 0.3) is 0 Å². The number of hydrogen-bond acceptors (Lipinski definition) is 3. The molecule has 5 nitrogen and oxygen atoms in total. The fourth-order valence-corrected chi connectivity index (χ4v) is 1.15. The van der Waals surface area contributed by atoms with E-state index in [2.05, 4.69) is 0 Å². The van der Waals surface area contributed by atoms with Gasteiger partial charge in [0.2, 0.25) is 5.91 Å². The van der Waals surface area contributed by atoms with Gasteiger partial charge >= 0.3 is 5.97 Å². The second-order valence-corrected chi connectivity index (χ2v) is 3.74. The quantitative estimate of drug-likeness (QED) is 0.680. The molecule has 0 saturated heterocycles. The summed E-state index contributed by atoms with van der Waals surface area (Å²) in [6, 6.07) is 0. The Morgan fingerprint density at radius 1 is 1.38 bits per heavy atom. The molecule has 0 fully saturated rings. The van der Waals surface area contributed by atoms with Crippen molar-refractivity contribution in [1.29, 1.82) is 0 Å². The van der Waals surface area contributed by atoms with Crippen LogP contribution in [-0.4, -0.2) is 47.7 Å². The maximum absolute atomic E-state index is 11.6. The van der Waals surface area contributed by atoms with Crippen molar-refractivity contribution in [3.05, 3.63) is 0 Å². The van der Waals surface area contributed by atoms with E-state index >= 15 is 0 Å². The molecule has 0 aromatic rings. The summed E-state index contributed by atoms with van der Waals surface area (Å²) in [6.45, 7) is 5.91. The first-order valence-corrected chi connectivity index (χ1v) is 5.62. The zero-order valence-electron chi connectivity index (χ0n) is 10.2. The highest BCUT2D eigenvalue weighted by atomic mass is 16.5. The number of amides is 1. The largest absolute Gasteiger partial charge is 0.480 e. The Hall–Kier alpha value is -1.10. The van der Waals surface area contributed by atoms with E-state index in [0.717, 1.165) is 12.8 Å². The zero-order valence-corrected chi connectivity index (χ0v) is 10.2. The third-order valence-corrected chi connectivity index (χ3v) is 2.24. The normalized spacial score (nSPS) is 12.2. The van der Waals surface area contributed by atoms with Gasteiger partial charge in [0.05, 0.1) is 6.10 Å². The predicted molar refractivity (Wildman–Crippen MR) is 60.2 cm³/mol. The number of carbonyl (C=O) groups excluding carboxylic acids is 1. The molecule has 0 aliphatic rings. The number of hydrogen-bond donors (Lipinski definition) is 1. The van der Waals surface area contributed by atoms with Crippen LogP contribution in [0.1, 0.15) is 33.6 Å². The van der Waals surface area contributed by atoms with Crippen LogP contribution in [0.15, 0.2) is 0 Å². The summed E-state index contributed by atoms with van der Waals surface area (Å²) in [6.07, 6.45) is 1.60. The fraction of sp³-hybridized carbons (Fsp3) is 0.818. The summed E-state index contributed by atoms with van der Waals surface area (Å²) >= 11 is 0. The Morgan fingerprint density at radius 3 is 2.44 bits per heavy atom. The lowest BCUT2D eigenvalue weighted by Gasteiger charge is -2.20. The number of nitrogens with zero attached hydrogens (tertiary/aromatic N) is 1. The van der Waals surface area contributed by atoms with Crippen LogP contribution in [-0.2, 0) is 14.3 Å². The third-order valence-electron chi connectivity index (χ3n) is 2.24. The summed E-state index contributed by atoms with van der Waals surface area (Å²) in [7, 11) is 0. The maximum atomic E-state index is 11.6. The molecule has 0 aromatic carbocycles. The first-order chi connectivity index (χ1) is 7.51. The zero-order chi connectivity index (χ0) is 12.6. The molecule has 0 bridgehead atoms. The molecule has 94 valence electrons. The van der Waals surface area contributed by atoms with Gasteiger partial charge in [0, 0.05) is 6.54 Å². The number of aliphatic carboxylic acids is 1. The average Bonchev–Trinajstić information content (AvgIpc) is 2.24. The summed E-state index contributed by atoms with van der Waals surface area (Å²) < 4.78 is 5.28. The van der Waals surface area contributed by atoms with E-state index in [1.807, 2.05) is 20.8 Å². The van der Waals surface area contributed by atoms with Crippen LogP contribution in [0.3, 0.4) is 0 Å².